The fourth-order valence-corrected chi connectivity index (χ4v) is 5.73. The van der Waals surface area contributed by atoms with E-state index in [0.29, 0.717) is 48.9 Å². The van der Waals surface area contributed by atoms with Gasteiger partial charge in [0.15, 0.2) is 0 Å². The Bertz CT molecular complexity index is 1090. The quantitative estimate of drug-likeness (QED) is 0.351. The van der Waals surface area contributed by atoms with Crippen LogP contribution in [0.2, 0.25) is 10.0 Å². The number of hydrogen-bond acceptors (Lipinski definition) is 5. The van der Waals surface area contributed by atoms with Crippen LogP contribution in [0, 0.1) is 11.7 Å². The fourth-order valence-electron chi connectivity index (χ4n) is 5.18. The van der Waals surface area contributed by atoms with Gasteiger partial charge < -0.3 is 19.7 Å². The molecule has 0 spiro atoms. The number of nitrogens with one attached hydrogen (secondary N) is 1. The maximum absolute atomic E-state index is 13.8. The molecule has 0 saturated carbocycles. The molecule has 1 fully saturated rings. The van der Waals surface area contributed by atoms with E-state index in [1.165, 1.54) is 19.2 Å². The van der Waals surface area contributed by atoms with Crippen molar-refractivity contribution in [3.8, 4) is 0 Å². The van der Waals surface area contributed by atoms with Crippen molar-refractivity contribution >= 4 is 35.3 Å². The van der Waals surface area contributed by atoms with Gasteiger partial charge in [-0.15, -0.1) is 0 Å². The zero-order chi connectivity index (χ0) is 28.1. The molecule has 1 aliphatic heterocycles. The minimum absolute atomic E-state index is 0.0553. The summed E-state index contributed by atoms with van der Waals surface area (Å²) in [4.78, 5) is 27.6. The van der Waals surface area contributed by atoms with Crippen molar-refractivity contribution in [3.05, 3.63) is 69.5 Å². The van der Waals surface area contributed by atoms with Crippen LogP contribution >= 0.6 is 23.2 Å². The highest BCUT2D eigenvalue weighted by atomic mass is 35.5. The minimum atomic E-state index is -0.635. The van der Waals surface area contributed by atoms with Crippen LogP contribution in [0.4, 0.5) is 9.18 Å². The second-order valence-corrected chi connectivity index (χ2v) is 11.7. The molecule has 9 heteroatoms. The molecule has 2 aromatic rings. The molecule has 1 heterocycles. The number of hydrogen-bond donors (Lipinski definition) is 1. The molecule has 38 heavy (non-hydrogen) atoms. The lowest BCUT2D eigenvalue weighted by Gasteiger charge is -2.46. The van der Waals surface area contributed by atoms with Gasteiger partial charge in [0.1, 0.15) is 11.4 Å². The molecule has 1 amide bonds. The lowest BCUT2D eigenvalue weighted by Crippen LogP contribution is -2.52. The average Bonchev–Trinajstić information content (AvgIpc) is 2.85. The van der Waals surface area contributed by atoms with Crippen molar-refractivity contribution in [3.63, 3.8) is 0 Å². The summed E-state index contributed by atoms with van der Waals surface area (Å²) >= 11 is 12.3. The van der Waals surface area contributed by atoms with Gasteiger partial charge in [0.2, 0.25) is 0 Å². The van der Waals surface area contributed by atoms with Crippen LogP contribution in [0.1, 0.15) is 64.1 Å². The Morgan fingerprint density at radius 3 is 2.18 bits per heavy atom. The third-order valence-electron chi connectivity index (χ3n) is 7.15. The van der Waals surface area contributed by atoms with Crippen LogP contribution in [0.25, 0.3) is 0 Å². The monoisotopic (exact) mass is 566 g/mol. The van der Waals surface area contributed by atoms with Gasteiger partial charge in [0.25, 0.3) is 0 Å². The lowest BCUT2D eigenvalue weighted by atomic mass is 9.63. The molecule has 208 valence electrons. The highest BCUT2D eigenvalue weighted by molar-refractivity contribution is 6.34. The normalized spacial score (nSPS) is 17.0. The highest BCUT2D eigenvalue weighted by Crippen LogP contribution is 2.44. The summed E-state index contributed by atoms with van der Waals surface area (Å²) in [6, 6.07) is 11.6. The zero-order valence-electron chi connectivity index (χ0n) is 22.7. The fraction of sp³-hybridized carbons (Fsp3) is 0.517. The van der Waals surface area contributed by atoms with Crippen LogP contribution in [0.3, 0.4) is 0 Å². The van der Waals surface area contributed by atoms with Gasteiger partial charge in [0, 0.05) is 34.6 Å². The van der Waals surface area contributed by atoms with Crippen LogP contribution < -0.4 is 5.32 Å². The second kappa shape index (κ2) is 12.7. The Labute approximate surface area is 234 Å². The van der Waals surface area contributed by atoms with Crippen molar-refractivity contribution < 1.29 is 23.5 Å². The first-order chi connectivity index (χ1) is 17.8. The first-order valence-corrected chi connectivity index (χ1v) is 13.6. The smallest absolute Gasteiger partial charge is 0.410 e. The van der Waals surface area contributed by atoms with Gasteiger partial charge in [-0.2, -0.15) is 0 Å². The van der Waals surface area contributed by atoms with Gasteiger partial charge in [0.05, 0.1) is 13.0 Å². The predicted molar refractivity (Wildman–Crippen MR) is 148 cm³/mol. The summed E-state index contributed by atoms with van der Waals surface area (Å²) in [7, 11) is 1.38. The highest BCUT2D eigenvalue weighted by Gasteiger charge is 2.47. The molecule has 0 bridgehead atoms. The van der Waals surface area contributed by atoms with Gasteiger partial charge in [-0.1, -0.05) is 35.3 Å². The Balaban J connectivity index is 1.83. The summed E-state index contributed by atoms with van der Waals surface area (Å²) in [6.07, 6.45) is 1.12. The van der Waals surface area contributed by atoms with E-state index >= 15 is 0 Å². The molecule has 0 aliphatic carbocycles. The largest absolute Gasteiger partial charge is 0.469 e. The second-order valence-electron chi connectivity index (χ2n) is 10.9. The number of halogens is 3. The molecule has 1 N–H and O–H groups in total. The molecule has 2 atom stereocenters. The number of nitrogens with zero attached hydrogens (tertiary/aromatic N) is 1. The van der Waals surface area contributed by atoms with E-state index in [-0.39, 0.29) is 23.9 Å². The molecule has 1 saturated heterocycles. The van der Waals surface area contributed by atoms with Crippen LogP contribution in [0.5, 0.6) is 0 Å². The predicted octanol–water partition coefficient (Wildman–Crippen LogP) is 6.93. The number of likely N-dealkylation sites (tertiary alicyclic amines) is 1. The third-order valence-corrected chi connectivity index (χ3v) is 7.58. The Kier molecular flexibility index (Phi) is 10.1. The maximum atomic E-state index is 13.8. The van der Waals surface area contributed by atoms with Gasteiger partial charge >= 0.3 is 12.1 Å². The van der Waals surface area contributed by atoms with Crippen molar-refractivity contribution in [1.82, 2.24) is 10.2 Å². The number of carbonyl (C=O) groups is 2. The molecular weight excluding hydrogens is 530 g/mol. The summed E-state index contributed by atoms with van der Waals surface area (Å²) in [6.45, 7) is 8.83. The van der Waals surface area contributed by atoms with Crippen molar-refractivity contribution in [2.75, 3.05) is 26.7 Å². The zero-order valence-corrected chi connectivity index (χ0v) is 24.2. The summed E-state index contributed by atoms with van der Waals surface area (Å²) < 4.78 is 24.7. The van der Waals surface area contributed by atoms with Crippen LogP contribution in [-0.2, 0) is 19.7 Å². The van der Waals surface area contributed by atoms with E-state index in [2.05, 4.69) is 5.32 Å². The van der Waals surface area contributed by atoms with Crippen LogP contribution in [0.15, 0.2) is 42.5 Å². The number of esters is 1. The number of piperidine rings is 1. The van der Waals surface area contributed by atoms with Gasteiger partial charge in [-0.25, -0.2) is 9.18 Å². The molecule has 0 radical (unpaired) electrons. The van der Waals surface area contributed by atoms with E-state index < -0.39 is 16.9 Å². The first-order valence-electron chi connectivity index (χ1n) is 12.9. The van der Waals surface area contributed by atoms with Gasteiger partial charge in [-0.05, 0) is 95.0 Å². The lowest BCUT2D eigenvalue weighted by molar-refractivity contribution is -0.149. The standard InChI is InChI=1S/C29H37Cl2FN2O4/c1-19(20-16-22(30)18-23(31)17-20)33-13-10-25(26(35)37-5)29(21-6-8-24(32)9-7-21)11-14-34(15-12-29)27(36)38-28(2,3)4/h6-9,16-19,25,33H,10-15H2,1-5H3. The Hall–Kier alpha value is -2.35. The Morgan fingerprint density at radius 1 is 1.08 bits per heavy atom. The third kappa shape index (κ3) is 7.61. The molecular formula is C29H37Cl2FN2O4. The number of amides is 1. The molecule has 2 aromatic carbocycles. The maximum Gasteiger partial charge on any atom is 0.410 e. The molecule has 3 rings (SSSR count). The molecule has 6 nitrogen and oxygen atoms in total. The van der Waals surface area contributed by atoms with Gasteiger partial charge in [-0.3, -0.25) is 4.79 Å². The summed E-state index contributed by atoms with van der Waals surface area (Å²) in [5, 5.41) is 4.58. The molecule has 0 aromatic heterocycles. The van der Waals surface area contributed by atoms with E-state index in [9.17, 15) is 14.0 Å². The topological polar surface area (TPSA) is 67.9 Å². The Morgan fingerprint density at radius 2 is 1.66 bits per heavy atom. The number of carbonyl (C=O) groups excluding carboxylic acids is 2. The first kappa shape index (κ1) is 30.2. The van der Waals surface area contributed by atoms with Crippen molar-refractivity contribution in [1.29, 1.82) is 0 Å². The average molecular weight is 568 g/mol. The summed E-state index contributed by atoms with van der Waals surface area (Å²) in [5.74, 6) is -1.19. The van der Waals surface area contributed by atoms with E-state index in [1.807, 2.05) is 39.8 Å². The van der Waals surface area contributed by atoms with E-state index in [0.717, 1.165) is 11.1 Å². The summed E-state index contributed by atoms with van der Waals surface area (Å²) in [5.41, 5.74) is 0.555. The minimum Gasteiger partial charge on any atom is -0.469 e. The number of rotatable bonds is 8. The molecule has 1 aliphatic rings. The number of benzene rings is 2. The number of ether oxygens (including phenoxy) is 2. The van der Waals surface area contributed by atoms with E-state index in [4.69, 9.17) is 32.7 Å². The number of methoxy groups -OCH3 is 1. The van der Waals surface area contributed by atoms with Crippen LogP contribution in [-0.4, -0.2) is 49.3 Å². The SMILES string of the molecule is COC(=O)C(CCNC(C)c1cc(Cl)cc(Cl)c1)C1(c2ccc(F)cc2)CCN(C(=O)OC(C)(C)C)CC1. The van der Waals surface area contributed by atoms with Crippen molar-refractivity contribution in [2.24, 2.45) is 5.92 Å². The van der Waals surface area contributed by atoms with Crippen molar-refractivity contribution in [2.45, 2.75) is 64.0 Å². The van der Waals surface area contributed by atoms with E-state index in [1.54, 1.807) is 23.1 Å². The molecule has 2 unspecified atom stereocenters.